The van der Waals surface area contributed by atoms with Crippen molar-refractivity contribution in [1.29, 1.82) is 0 Å². The van der Waals surface area contributed by atoms with Crippen molar-refractivity contribution in [1.82, 2.24) is 4.98 Å². The number of ether oxygens (including phenoxy) is 3. The molecule has 0 saturated carbocycles. The van der Waals surface area contributed by atoms with Gasteiger partial charge < -0.3 is 19.1 Å². The number of rotatable bonds is 6. The maximum Gasteiger partial charge on any atom is 0.360 e. The lowest BCUT2D eigenvalue weighted by Gasteiger charge is -2.35. The average molecular weight is 436 g/mol. The van der Waals surface area contributed by atoms with Crippen molar-refractivity contribution in [2.75, 3.05) is 12.0 Å². The van der Waals surface area contributed by atoms with Crippen LogP contribution >= 0.6 is 0 Å². The molecule has 1 aliphatic rings. The molecule has 0 bridgehead atoms. The second-order valence-electron chi connectivity index (χ2n) is 8.04. The quantitative estimate of drug-likeness (QED) is 0.515. The van der Waals surface area contributed by atoms with Crippen molar-refractivity contribution in [2.24, 2.45) is 0 Å². The standard InChI is InChI=1S/C25H25FN2O4/c1-25(2)31-16-21-18(13-27-22(23(21)32-25)24(29)30-3)15-28(14-17-7-5-4-6-8-17)20-11-9-19(26)10-12-20/h4-13H,14-16H2,1-3H3. The lowest BCUT2D eigenvalue weighted by atomic mass is 10.0. The molecule has 0 fully saturated rings. The molecule has 3 aromatic rings. The number of halogens is 1. The van der Waals surface area contributed by atoms with Crippen LogP contribution in [0.25, 0.3) is 0 Å². The summed E-state index contributed by atoms with van der Waals surface area (Å²) in [5, 5.41) is 0. The number of benzene rings is 2. The highest BCUT2D eigenvalue weighted by molar-refractivity contribution is 5.91. The van der Waals surface area contributed by atoms with E-state index in [-0.39, 0.29) is 18.1 Å². The molecule has 4 rings (SSSR count). The number of fused-ring (bicyclic) bond motifs is 1. The first-order valence-electron chi connectivity index (χ1n) is 10.3. The Hall–Kier alpha value is -3.45. The van der Waals surface area contributed by atoms with Crippen molar-refractivity contribution in [3.63, 3.8) is 0 Å². The van der Waals surface area contributed by atoms with Crippen LogP contribution in [0.3, 0.4) is 0 Å². The number of pyridine rings is 1. The fourth-order valence-corrected chi connectivity index (χ4v) is 3.64. The van der Waals surface area contributed by atoms with E-state index in [1.165, 1.54) is 19.2 Å². The van der Waals surface area contributed by atoms with Gasteiger partial charge in [0.2, 0.25) is 5.79 Å². The van der Waals surface area contributed by atoms with Crippen molar-refractivity contribution in [3.05, 3.63) is 89.0 Å². The van der Waals surface area contributed by atoms with E-state index in [2.05, 4.69) is 9.88 Å². The van der Waals surface area contributed by atoms with E-state index in [1.807, 2.05) is 30.3 Å². The number of anilines is 1. The van der Waals surface area contributed by atoms with E-state index in [1.54, 1.807) is 32.2 Å². The molecule has 0 aliphatic carbocycles. The topological polar surface area (TPSA) is 60.9 Å². The number of carbonyl (C=O) groups excluding carboxylic acids is 1. The summed E-state index contributed by atoms with van der Waals surface area (Å²) < 4.78 is 30.3. The highest BCUT2D eigenvalue weighted by Gasteiger charge is 2.34. The maximum absolute atomic E-state index is 13.5. The Bertz CT molecular complexity index is 1100. The van der Waals surface area contributed by atoms with Gasteiger partial charge in [-0.1, -0.05) is 30.3 Å². The molecule has 32 heavy (non-hydrogen) atoms. The Kier molecular flexibility index (Phi) is 6.10. The van der Waals surface area contributed by atoms with E-state index < -0.39 is 11.8 Å². The molecular formula is C25H25FN2O4. The van der Waals surface area contributed by atoms with Crippen LogP contribution in [0.1, 0.15) is 41.0 Å². The first-order chi connectivity index (χ1) is 15.4. The summed E-state index contributed by atoms with van der Waals surface area (Å²) >= 11 is 0. The van der Waals surface area contributed by atoms with Crippen LogP contribution in [0.15, 0.2) is 60.8 Å². The van der Waals surface area contributed by atoms with Crippen LogP contribution < -0.4 is 9.64 Å². The van der Waals surface area contributed by atoms with Crippen molar-refractivity contribution < 1.29 is 23.4 Å². The van der Waals surface area contributed by atoms with Gasteiger partial charge in [0.15, 0.2) is 11.4 Å². The lowest BCUT2D eigenvalue weighted by molar-refractivity contribution is -0.180. The number of esters is 1. The van der Waals surface area contributed by atoms with Crippen molar-refractivity contribution in [2.45, 2.75) is 39.3 Å². The largest absolute Gasteiger partial charge is 0.464 e. The minimum absolute atomic E-state index is 0.124. The summed E-state index contributed by atoms with van der Waals surface area (Å²) in [7, 11) is 1.31. The number of carbonyl (C=O) groups is 1. The number of nitrogens with zero attached hydrogens (tertiary/aromatic N) is 2. The van der Waals surface area contributed by atoms with Gasteiger partial charge in [-0.25, -0.2) is 14.2 Å². The van der Waals surface area contributed by atoms with Gasteiger partial charge in [0.05, 0.1) is 13.7 Å². The zero-order valence-electron chi connectivity index (χ0n) is 18.3. The number of aromatic nitrogens is 1. The molecule has 0 spiro atoms. The normalized spacial score (nSPS) is 14.2. The third kappa shape index (κ3) is 4.73. The van der Waals surface area contributed by atoms with E-state index in [0.29, 0.717) is 18.8 Å². The predicted octanol–water partition coefficient (Wildman–Crippen LogP) is 4.86. The molecule has 0 unspecified atom stereocenters. The molecule has 6 nitrogen and oxygen atoms in total. The zero-order valence-corrected chi connectivity index (χ0v) is 18.3. The van der Waals surface area contributed by atoms with Gasteiger partial charge in [0.1, 0.15) is 5.82 Å². The highest BCUT2D eigenvalue weighted by Crippen LogP contribution is 2.36. The lowest BCUT2D eigenvalue weighted by Crippen LogP contribution is -2.37. The molecule has 0 N–H and O–H groups in total. The maximum atomic E-state index is 13.5. The number of hydrogen-bond donors (Lipinski definition) is 0. The smallest absolute Gasteiger partial charge is 0.360 e. The summed E-state index contributed by atoms with van der Waals surface area (Å²) in [5.74, 6) is -1.37. The third-order valence-corrected chi connectivity index (χ3v) is 5.29. The molecule has 166 valence electrons. The predicted molar refractivity (Wildman–Crippen MR) is 118 cm³/mol. The van der Waals surface area contributed by atoms with Gasteiger partial charge in [-0.2, -0.15) is 0 Å². The van der Waals surface area contributed by atoms with E-state index in [4.69, 9.17) is 14.2 Å². The molecule has 1 aromatic heterocycles. The van der Waals surface area contributed by atoms with Crippen molar-refractivity contribution in [3.8, 4) is 5.75 Å². The molecule has 2 aromatic carbocycles. The summed E-state index contributed by atoms with van der Waals surface area (Å²) in [5.41, 5.74) is 3.69. The third-order valence-electron chi connectivity index (χ3n) is 5.29. The van der Waals surface area contributed by atoms with Crippen LogP contribution in [0, 0.1) is 5.82 Å². The number of hydrogen-bond acceptors (Lipinski definition) is 6. The fourth-order valence-electron chi connectivity index (χ4n) is 3.64. The molecule has 2 heterocycles. The second-order valence-corrected chi connectivity index (χ2v) is 8.04. The van der Waals surface area contributed by atoms with Gasteiger partial charge >= 0.3 is 5.97 Å². The SMILES string of the molecule is COC(=O)c1ncc(CN(Cc2ccccc2)c2ccc(F)cc2)c2c1OC(C)(C)OC2. The monoisotopic (exact) mass is 436 g/mol. The molecule has 0 amide bonds. The first-order valence-corrected chi connectivity index (χ1v) is 10.3. The van der Waals surface area contributed by atoms with Crippen LogP contribution in [0.4, 0.5) is 10.1 Å². The Morgan fingerprint density at radius 2 is 1.84 bits per heavy atom. The molecule has 0 saturated heterocycles. The number of methoxy groups -OCH3 is 1. The Morgan fingerprint density at radius 3 is 2.53 bits per heavy atom. The molecular weight excluding hydrogens is 411 g/mol. The van der Waals surface area contributed by atoms with Crippen molar-refractivity contribution >= 4 is 11.7 Å². The zero-order chi connectivity index (χ0) is 22.7. The van der Waals surface area contributed by atoms with Gasteiger partial charge in [-0.3, -0.25) is 0 Å². The van der Waals surface area contributed by atoms with Crippen LogP contribution in [-0.2, 0) is 29.2 Å². The minimum atomic E-state index is -0.892. The Morgan fingerprint density at radius 1 is 1.12 bits per heavy atom. The summed E-state index contributed by atoms with van der Waals surface area (Å²) in [4.78, 5) is 18.7. The minimum Gasteiger partial charge on any atom is -0.464 e. The molecule has 1 aliphatic heterocycles. The Labute approximate surface area is 186 Å². The van der Waals surface area contributed by atoms with Gasteiger partial charge in [-0.05, 0) is 35.4 Å². The van der Waals surface area contributed by atoms with Crippen LogP contribution in [0.2, 0.25) is 0 Å². The van der Waals surface area contributed by atoms with E-state index in [9.17, 15) is 9.18 Å². The average Bonchev–Trinajstić information content (AvgIpc) is 2.78. The second kappa shape index (κ2) is 8.96. The van der Waals surface area contributed by atoms with Gasteiger partial charge in [0.25, 0.3) is 0 Å². The molecule has 0 atom stereocenters. The molecule has 0 radical (unpaired) electrons. The van der Waals surface area contributed by atoms with Gasteiger partial charge in [0, 0.05) is 44.4 Å². The summed E-state index contributed by atoms with van der Waals surface area (Å²) in [6.45, 7) is 4.90. The Balaban J connectivity index is 1.73. The first kappa shape index (κ1) is 21.8. The van der Waals surface area contributed by atoms with E-state index in [0.717, 1.165) is 22.4 Å². The van der Waals surface area contributed by atoms with Crippen LogP contribution in [0.5, 0.6) is 5.75 Å². The van der Waals surface area contributed by atoms with Crippen LogP contribution in [-0.4, -0.2) is 23.9 Å². The van der Waals surface area contributed by atoms with E-state index >= 15 is 0 Å². The summed E-state index contributed by atoms with van der Waals surface area (Å²) in [6.07, 6.45) is 1.65. The fraction of sp³-hybridized carbons (Fsp3) is 0.280. The molecule has 7 heteroatoms. The van der Waals surface area contributed by atoms with Gasteiger partial charge in [-0.15, -0.1) is 0 Å². The summed E-state index contributed by atoms with van der Waals surface area (Å²) in [6, 6.07) is 16.4. The highest BCUT2D eigenvalue weighted by atomic mass is 19.1.